The van der Waals surface area contributed by atoms with Gasteiger partial charge < -0.3 is 10.2 Å². The SMILES string of the molecule is CCNC(=O)[C@H](Cc1ccccc1)N(Cc1ccc(F)cc1)C(=O)CSc1ccccc1. The second-order valence-corrected chi connectivity index (χ2v) is 8.40. The maximum atomic E-state index is 13.4. The molecule has 0 saturated carbocycles. The van der Waals surface area contributed by atoms with E-state index in [9.17, 15) is 14.0 Å². The molecule has 0 heterocycles. The van der Waals surface area contributed by atoms with Crippen molar-refractivity contribution in [3.8, 4) is 0 Å². The molecule has 0 unspecified atom stereocenters. The van der Waals surface area contributed by atoms with E-state index >= 15 is 0 Å². The summed E-state index contributed by atoms with van der Waals surface area (Å²) >= 11 is 1.44. The van der Waals surface area contributed by atoms with Crippen LogP contribution in [0.3, 0.4) is 0 Å². The van der Waals surface area contributed by atoms with Gasteiger partial charge in [0, 0.05) is 24.4 Å². The minimum absolute atomic E-state index is 0.143. The van der Waals surface area contributed by atoms with Gasteiger partial charge in [-0.25, -0.2) is 4.39 Å². The van der Waals surface area contributed by atoms with Crippen molar-refractivity contribution < 1.29 is 14.0 Å². The Labute approximate surface area is 192 Å². The normalized spacial score (nSPS) is 11.6. The van der Waals surface area contributed by atoms with E-state index < -0.39 is 6.04 Å². The summed E-state index contributed by atoms with van der Waals surface area (Å²) in [6.45, 7) is 2.55. The molecule has 0 aliphatic rings. The van der Waals surface area contributed by atoms with Crippen molar-refractivity contribution >= 4 is 23.6 Å². The zero-order valence-electron chi connectivity index (χ0n) is 18.0. The number of hydrogen-bond acceptors (Lipinski definition) is 3. The molecular weight excluding hydrogens is 423 g/mol. The number of carbonyl (C=O) groups excluding carboxylic acids is 2. The van der Waals surface area contributed by atoms with E-state index in [1.807, 2.05) is 67.6 Å². The Morgan fingerprint density at radius 3 is 2.16 bits per heavy atom. The smallest absolute Gasteiger partial charge is 0.243 e. The highest BCUT2D eigenvalue weighted by atomic mass is 32.2. The molecule has 166 valence electrons. The highest BCUT2D eigenvalue weighted by Gasteiger charge is 2.30. The standard InChI is InChI=1S/C26H27FN2O2S/c1-2-28-26(31)24(17-20-9-5-3-6-10-20)29(18-21-13-15-22(27)16-14-21)25(30)19-32-23-11-7-4-8-12-23/h3-16,24H,2,17-19H2,1H3,(H,28,31)/t24-/m0/s1. The highest BCUT2D eigenvalue weighted by Crippen LogP contribution is 2.21. The van der Waals surface area contributed by atoms with Crippen molar-refractivity contribution in [2.75, 3.05) is 12.3 Å². The first-order chi connectivity index (χ1) is 15.6. The van der Waals surface area contributed by atoms with Gasteiger partial charge in [0.2, 0.25) is 11.8 Å². The van der Waals surface area contributed by atoms with Gasteiger partial charge in [0.1, 0.15) is 11.9 Å². The van der Waals surface area contributed by atoms with E-state index in [4.69, 9.17) is 0 Å². The minimum Gasteiger partial charge on any atom is -0.355 e. The third kappa shape index (κ3) is 6.95. The molecule has 1 N–H and O–H groups in total. The summed E-state index contributed by atoms with van der Waals surface area (Å²) in [4.78, 5) is 29.0. The average Bonchev–Trinajstić information content (AvgIpc) is 2.82. The Morgan fingerprint density at radius 1 is 0.906 bits per heavy atom. The van der Waals surface area contributed by atoms with Gasteiger partial charge in [-0.2, -0.15) is 0 Å². The number of nitrogens with zero attached hydrogens (tertiary/aromatic N) is 1. The predicted octanol–water partition coefficient (Wildman–Crippen LogP) is 4.69. The molecule has 0 radical (unpaired) electrons. The quantitative estimate of drug-likeness (QED) is 0.456. The van der Waals surface area contributed by atoms with Gasteiger partial charge >= 0.3 is 0 Å². The van der Waals surface area contributed by atoms with Gasteiger partial charge in [-0.3, -0.25) is 9.59 Å². The monoisotopic (exact) mass is 450 g/mol. The number of halogens is 1. The lowest BCUT2D eigenvalue weighted by Gasteiger charge is -2.31. The Bertz CT molecular complexity index is 997. The lowest BCUT2D eigenvalue weighted by Crippen LogP contribution is -2.51. The van der Waals surface area contributed by atoms with E-state index in [0.29, 0.717) is 13.0 Å². The molecule has 0 fully saturated rings. The molecule has 32 heavy (non-hydrogen) atoms. The van der Waals surface area contributed by atoms with Crippen LogP contribution in [0.1, 0.15) is 18.1 Å². The van der Waals surface area contributed by atoms with Crippen LogP contribution < -0.4 is 5.32 Å². The van der Waals surface area contributed by atoms with Crippen LogP contribution >= 0.6 is 11.8 Å². The number of nitrogens with one attached hydrogen (secondary N) is 1. The molecular formula is C26H27FN2O2S. The van der Waals surface area contributed by atoms with E-state index in [0.717, 1.165) is 16.0 Å². The molecule has 3 aromatic rings. The number of carbonyl (C=O) groups is 2. The summed E-state index contributed by atoms with van der Waals surface area (Å²) in [5.41, 5.74) is 1.74. The number of likely N-dealkylation sites (N-methyl/N-ethyl adjacent to an activating group) is 1. The van der Waals surface area contributed by atoms with Gasteiger partial charge in [0.05, 0.1) is 5.75 Å². The number of hydrogen-bond donors (Lipinski definition) is 1. The van der Waals surface area contributed by atoms with Gasteiger partial charge in [0.15, 0.2) is 0 Å². The first-order valence-corrected chi connectivity index (χ1v) is 11.6. The summed E-state index contributed by atoms with van der Waals surface area (Å²) in [5.74, 6) is -0.474. The number of benzene rings is 3. The van der Waals surface area contributed by atoms with Crippen molar-refractivity contribution in [2.24, 2.45) is 0 Å². The average molecular weight is 451 g/mol. The van der Waals surface area contributed by atoms with E-state index in [-0.39, 0.29) is 29.9 Å². The van der Waals surface area contributed by atoms with Crippen LogP contribution in [0.25, 0.3) is 0 Å². The van der Waals surface area contributed by atoms with Crippen LogP contribution in [-0.4, -0.2) is 35.1 Å². The Morgan fingerprint density at radius 2 is 1.53 bits per heavy atom. The molecule has 0 aliphatic carbocycles. The third-order valence-electron chi connectivity index (χ3n) is 4.99. The Hall–Kier alpha value is -3.12. The zero-order valence-corrected chi connectivity index (χ0v) is 18.9. The molecule has 2 amide bonds. The van der Waals surface area contributed by atoms with Crippen molar-refractivity contribution in [1.29, 1.82) is 0 Å². The highest BCUT2D eigenvalue weighted by molar-refractivity contribution is 8.00. The number of rotatable bonds is 10. The molecule has 3 rings (SSSR count). The molecule has 3 aromatic carbocycles. The van der Waals surface area contributed by atoms with Crippen LogP contribution in [0.15, 0.2) is 89.8 Å². The first kappa shape index (κ1) is 23.5. The second-order valence-electron chi connectivity index (χ2n) is 7.35. The summed E-state index contributed by atoms with van der Waals surface area (Å²) in [5, 5.41) is 2.87. The molecule has 0 aromatic heterocycles. The van der Waals surface area contributed by atoms with Gasteiger partial charge in [-0.1, -0.05) is 60.7 Å². The lowest BCUT2D eigenvalue weighted by molar-refractivity contribution is -0.139. The molecule has 6 heteroatoms. The molecule has 0 aliphatic heterocycles. The Kier molecular flexibility index (Phi) is 8.87. The van der Waals surface area contributed by atoms with Crippen LogP contribution in [-0.2, 0) is 22.6 Å². The second kappa shape index (κ2) is 12.1. The van der Waals surface area contributed by atoms with Crippen LogP contribution in [0, 0.1) is 5.82 Å². The van der Waals surface area contributed by atoms with Crippen molar-refractivity contribution in [2.45, 2.75) is 30.8 Å². The van der Waals surface area contributed by atoms with E-state index in [1.54, 1.807) is 17.0 Å². The molecule has 0 spiro atoms. The molecule has 4 nitrogen and oxygen atoms in total. The van der Waals surface area contributed by atoms with Crippen LogP contribution in [0.4, 0.5) is 4.39 Å². The maximum Gasteiger partial charge on any atom is 0.243 e. The van der Waals surface area contributed by atoms with E-state index in [1.165, 1.54) is 23.9 Å². The fraction of sp³-hybridized carbons (Fsp3) is 0.231. The van der Waals surface area contributed by atoms with Gasteiger partial charge in [0.25, 0.3) is 0 Å². The molecule has 0 bridgehead atoms. The van der Waals surface area contributed by atoms with Crippen LogP contribution in [0.5, 0.6) is 0 Å². The molecule has 1 atom stereocenters. The predicted molar refractivity (Wildman–Crippen MR) is 127 cm³/mol. The lowest BCUT2D eigenvalue weighted by atomic mass is 10.0. The first-order valence-electron chi connectivity index (χ1n) is 10.6. The number of thioether (sulfide) groups is 1. The summed E-state index contributed by atoms with van der Waals surface area (Å²) < 4.78 is 13.4. The number of amides is 2. The van der Waals surface area contributed by atoms with Gasteiger partial charge in [-0.15, -0.1) is 11.8 Å². The minimum atomic E-state index is -0.675. The van der Waals surface area contributed by atoms with Gasteiger partial charge in [-0.05, 0) is 42.3 Å². The third-order valence-corrected chi connectivity index (χ3v) is 5.99. The van der Waals surface area contributed by atoms with Crippen molar-refractivity contribution in [1.82, 2.24) is 10.2 Å². The summed E-state index contributed by atoms with van der Waals surface area (Å²) in [6, 6.07) is 24.7. The topological polar surface area (TPSA) is 49.4 Å². The van der Waals surface area contributed by atoms with Crippen molar-refractivity contribution in [3.05, 3.63) is 102 Å². The maximum absolute atomic E-state index is 13.4. The fourth-order valence-electron chi connectivity index (χ4n) is 3.38. The van der Waals surface area contributed by atoms with E-state index in [2.05, 4.69) is 5.32 Å². The molecule has 0 saturated heterocycles. The largest absolute Gasteiger partial charge is 0.355 e. The summed E-state index contributed by atoms with van der Waals surface area (Å²) in [7, 11) is 0. The van der Waals surface area contributed by atoms with Crippen LogP contribution in [0.2, 0.25) is 0 Å². The zero-order chi connectivity index (χ0) is 22.8. The Balaban J connectivity index is 1.87. The van der Waals surface area contributed by atoms with Crippen molar-refractivity contribution in [3.63, 3.8) is 0 Å². The fourth-order valence-corrected chi connectivity index (χ4v) is 4.18. The summed E-state index contributed by atoms with van der Waals surface area (Å²) in [6.07, 6.45) is 0.398.